The zero-order valence-corrected chi connectivity index (χ0v) is 7.80. The molecule has 0 aromatic rings. The van der Waals surface area contributed by atoms with Gasteiger partial charge in [0.05, 0.1) is 6.61 Å². The molecule has 0 aromatic heterocycles. The molecule has 2 N–H and O–H groups in total. The van der Waals surface area contributed by atoms with Gasteiger partial charge in [-0.25, -0.2) is 0 Å². The first kappa shape index (κ1) is 13.2. The van der Waals surface area contributed by atoms with Crippen molar-refractivity contribution in [2.45, 2.75) is 25.2 Å². The van der Waals surface area contributed by atoms with Gasteiger partial charge in [0.2, 0.25) is 0 Å². The molecule has 0 aliphatic rings. The average molecular weight is 215 g/mol. The molecule has 7 heteroatoms. The standard InChI is InChI=1S/C7H12F3NO3/c1-3-14-6(12)4(11)5(13-2)7(8,9)10/h4-5H,3,11H2,1-2H3. The lowest BCUT2D eigenvalue weighted by Gasteiger charge is -2.23. The summed E-state index contributed by atoms with van der Waals surface area (Å²) in [6, 6.07) is -1.85. The second-order valence-electron chi connectivity index (χ2n) is 2.48. The SMILES string of the molecule is CCOC(=O)C(N)C(OC)C(F)(F)F. The normalized spacial score (nSPS) is 16.1. The maximum atomic E-state index is 12.2. The molecule has 2 atom stereocenters. The molecule has 84 valence electrons. The van der Waals surface area contributed by atoms with E-state index in [1.807, 2.05) is 0 Å². The van der Waals surface area contributed by atoms with Crippen molar-refractivity contribution in [3.8, 4) is 0 Å². The summed E-state index contributed by atoms with van der Waals surface area (Å²) in [6.45, 7) is 1.45. The molecule has 0 saturated carbocycles. The zero-order valence-electron chi connectivity index (χ0n) is 7.80. The lowest BCUT2D eigenvalue weighted by atomic mass is 10.1. The van der Waals surface area contributed by atoms with Crippen LogP contribution in [0.1, 0.15) is 6.92 Å². The fourth-order valence-corrected chi connectivity index (χ4v) is 0.846. The monoisotopic (exact) mass is 215 g/mol. The van der Waals surface area contributed by atoms with Gasteiger partial charge in [0.15, 0.2) is 6.10 Å². The Hall–Kier alpha value is -0.820. The molecule has 0 aromatic carbocycles. The predicted molar refractivity (Wildman–Crippen MR) is 41.5 cm³/mol. The highest BCUT2D eigenvalue weighted by molar-refractivity contribution is 5.76. The van der Waals surface area contributed by atoms with E-state index in [2.05, 4.69) is 9.47 Å². The molecule has 14 heavy (non-hydrogen) atoms. The summed E-state index contributed by atoms with van der Waals surface area (Å²) in [5.41, 5.74) is 5.02. The maximum Gasteiger partial charge on any atom is 0.416 e. The molecule has 0 spiro atoms. The smallest absolute Gasteiger partial charge is 0.416 e. The molecular formula is C7H12F3NO3. The molecule has 2 unspecified atom stereocenters. The number of methoxy groups -OCH3 is 1. The van der Waals surface area contributed by atoms with Crippen LogP contribution in [0.2, 0.25) is 0 Å². The van der Waals surface area contributed by atoms with Crippen molar-refractivity contribution in [2.24, 2.45) is 5.73 Å². The summed E-state index contributed by atoms with van der Waals surface area (Å²) >= 11 is 0. The Morgan fingerprint density at radius 1 is 1.50 bits per heavy atom. The Kier molecular flexibility index (Phi) is 4.86. The third-order valence-corrected chi connectivity index (χ3v) is 1.46. The fourth-order valence-electron chi connectivity index (χ4n) is 0.846. The van der Waals surface area contributed by atoms with Crippen molar-refractivity contribution in [1.29, 1.82) is 0 Å². The van der Waals surface area contributed by atoms with Crippen molar-refractivity contribution < 1.29 is 27.4 Å². The van der Waals surface area contributed by atoms with E-state index in [1.54, 1.807) is 0 Å². The Balaban J connectivity index is 4.46. The van der Waals surface area contributed by atoms with Crippen LogP contribution < -0.4 is 5.73 Å². The molecule has 0 bridgehead atoms. The second kappa shape index (κ2) is 5.16. The van der Waals surface area contributed by atoms with Crippen molar-refractivity contribution >= 4 is 5.97 Å². The molecule has 0 rings (SSSR count). The zero-order chi connectivity index (χ0) is 11.4. The highest BCUT2D eigenvalue weighted by atomic mass is 19.4. The lowest BCUT2D eigenvalue weighted by Crippen LogP contribution is -2.51. The highest BCUT2D eigenvalue weighted by Crippen LogP contribution is 2.24. The van der Waals surface area contributed by atoms with Crippen LogP contribution in [-0.4, -0.2) is 38.0 Å². The van der Waals surface area contributed by atoms with Gasteiger partial charge in [0.25, 0.3) is 0 Å². The van der Waals surface area contributed by atoms with Crippen LogP contribution in [0.5, 0.6) is 0 Å². The largest absolute Gasteiger partial charge is 0.465 e. The first-order valence-electron chi connectivity index (χ1n) is 3.86. The van der Waals surface area contributed by atoms with Gasteiger partial charge >= 0.3 is 12.1 Å². The molecule has 0 aliphatic carbocycles. The van der Waals surface area contributed by atoms with Crippen molar-refractivity contribution in [1.82, 2.24) is 0 Å². The van der Waals surface area contributed by atoms with Gasteiger partial charge in [0.1, 0.15) is 6.04 Å². The van der Waals surface area contributed by atoms with E-state index in [0.29, 0.717) is 0 Å². The number of ether oxygens (including phenoxy) is 2. The van der Waals surface area contributed by atoms with Crippen LogP contribution in [0.4, 0.5) is 13.2 Å². The minimum Gasteiger partial charge on any atom is -0.465 e. The summed E-state index contributed by atoms with van der Waals surface area (Å²) in [5, 5.41) is 0. The molecule has 0 amide bonds. The van der Waals surface area contributed by atoms with Gasteiger partial charge < -0.3 is 15.2 Å². The van der Waals surface area contributed by atoms with E-state index in [9.17, 15) is 18.0 Å². The number of carbonyl (C=O) groups excluding carboxylic acids is 1. The summed E-state index contributed by atoms with van der Waals surface area (Å²) in [4.78, 5) is 10.9. The molecular weight excluding hydrogens is 203 g/mol. The highest BCUT2D eigenvalue weighted by Gasteiger charge is 2.47. The van der Waals surface area contributed by atoms with Crippen molar-refractivity contribution in [3.63, 3.8) is 0 Å². The van der Waals surface area contributed by atoms with Gasteiger partial charge in [-0.05, 0) is 6.92 Å². The van der Waals surface area contributed by atoms with Gasteiger partial charge in [-0.3, -0.25) is 4.79 Å². The maximum absolute atomic E-state index is 12.2. The van der Waals surface area contributed by atoms with Crippen molar-refractivity contribution in [2.75, 3.05) is 13.7 Å². The number of hydrogen-bond donors (Lipinski definition) is 1. The van der Waals surface area contributed by atoms with Gasteiger partial charge in [0, 0.05) is 7.11 Å². The van der Waals surface area contributed by atoms with Crippen molar-refractivity contribution in [3.05, 3.63) is 0 Å². The van der Waals surface area contributed by atoms with E-state index in [1.165, 1.54) is 6.92 Å². The van der Waals surface area contributed by atoms with E-state index in [-0.39, 0.29) is 6.61 Å². The van der Waals surface area contributed by atoms with Crippen LogP contribution in [0.15, 0.2) is 0 Å². The van der Waals surface area contributed by atoms with Crippen LogP contribution >= 0.6 is 0 Å². The number of hydrogen-bond acceptors (Lipinski definition) is 4. The second-order valence-corrected chi connectivity index (χ2v) is 2.48. The van der Waals surface area contributed by atoms with Crippen LogP contribution in [-0.2, 0) is 14.3 Å². The number of halogens is 3. The number of carbonyl (C=O) groups is 1. The molecule has 0 heterocycles. The molecule has 0 radical (unpaired) electrons. The van der Waals surface area contributed by atoms with Gasteiger partial charge in [-0.2, -0.15) is 13.2 Å². The third-order valence-electron chi connectivity index (χ3n) is 1.46. The topological polar surface area (TPSA) is 61.5 Å². The summed E-state index contributed by atoms with van der Waals surface area (Å²) in [6.07, 6.45) is -7.01. The molecule has 0 aliphatic heterocycles. The fraction of sp³-hybridized carbons (Fsp3) is 0.857. The molecule has 0 saturated heterocycles. The van der Waals surface area contributed by atoms with Crippen LogP contribution in [0.25, 0.3) is 0 Å². The van der Waals surface area contributed by atoms with Gasteiger partial charge in [-0.1, -0.05) is 0 Å². The summed E-state index contributed by atoms with van der Waals surface area (Å²) in [7, 11) is 0.831. The first-order valence-corrected chi connectivity index (χ1v) is 3.86. The number of nitrogens with two attached hydrogens (primary N) is 1. The van der Waals surface area contributed by atoms with E-state index in [4.69, 9.17) is 5.73 Å². The minimum absolute atomic E-state index is 0.0270. The van der Waals surface area contributed by atoms with Crippen LogP contribution in [0, 0.1) is 0 Å². The number of esters is 1. The average Bonchev–Trinajstić information content (AvgIpc) is 2.03. The number of rotatable bonds is 4. The molecule has 4 nitrogen and oxygen atoms in total. The van der Waals surface area contributed by atoms with E-state index < -0.39 is 24.3 Å². The Bertz CT molecular complexity index is 195. The molecule has 0 fully saturated rings. The quantitative estimate of drug-likeness (QED) is 0.692. The Labute approximate surface area is 79.2 Å². The van der Waals surface area contributed by atoms with Crippen LogP contribution in [0.3, 0.4) is 0 Å². The minimum atomic E-state index is -4.68. The van der Waals surface area contributed by atoms with E-state index in [0.717, 1.165) is 7.11 Å². The third kappa shape index (κ3) is 3.51. The predicted octanol–water partition coefficient (Wildman–Crippen LogP) is 0.454. The van der Waals surface area contributed by atoms with Gasteiger partial charge in [-0.15, -0.1) is 0 Å². The first-order chi connectivity index (χ1) is 6.34. The summed E-state index contributed by atoms with van der Waals surface area (Å²) in [5.74, 6) is -1.13. The summed E-state index contributed by atoms with van der Waals surface area (Å²) < 4.78 is 44.9. The Morgan fingerprint density at radius 3 is 2.29 bits per heavy atom. The number of alkyl halides is 3. The van der Waals surface area contributed by atoms with E-state index >= 15 is 0 Å². The Morgan fingerprint density at radius 2 is 2.00 bits per heavy atom. The lowest BCUT2D eigenvalue weighted by molar-refractivity contribution is -0.222.